The molecule has 15 heavy (non-hydrogen) atoms. The molecule has 0 heterocycles. The summed E-state index contributed by atoms with van der Waals surface area (Å²) in [7, 11) is 0. The molecule has 0 radical (unpaired) electrons. The van der Waals surface area contributed by atoms with Crippen LogP contribution in [0.2, 0.25) is 0 Å². The van der Waals surface area contributed by atoms with Gasteiger partial charge in [0.1, 0.15) is 0 Å². The second-order valence-corrected chi connectivity index (χ2v) is 5.72. The molecule has 1 aromatic carbocycles. The zero-order valence-electron chi connectivity index (χ0n) is 10.2. The Bertz CT molecular complexity index is 292. The Kier molecular flexibility index (Phi) is 4.21. The van der Waals surface area contributed by atoms with E-state index in [1.54, 1.807) is 0 Å². The lowest BCUT2D eigenvalue weighted by Crippen LogP contribution is -2.24. The molecule has 0 aliphatic carbocycles. The maximum atomic E-state index is 6.03. The summed E-state index contributed by atoms with van der Waals surface area (Å²) >= 11 is 6.03. The van der Waals surface area contributed by atoms with E-state index in [2.05, 4.69) is 52.0 Å². The van der Waals surface area contributed by atoms with E-state index in [9.17, 15) is 0 Å². The van der Waals surface area contributed by atoms with Gasteiger partial charge < -0.3 is 0 Å². The smallest absolute Gasteiger partial charge is 0.0259 e. The molecule has 0 saturated carbocycles. The van der Waals surface area contributed by atoms with Crippen molar-refractivity contribution in [3.63, 3.8) is 0 Å². The molecule has 0 spiro atoms. The van der Waals surface area contributed by atoms with Gasteiger partial charge in [0, 0.05) is 5.88 Å². The van der Waals surface area contributed by atoms with Gasteiger partial charge in [-0.05, 0) is 30.2 Å². The molecule has 0 saturated heterocycles. The van der Waals surface area contributed by atoms with Crippen LogP contribution in [0.15, 0.2) is 24.3 Å². The zero-order valence-corrected chi connectivity index (χ0v) is 10.9. The summed E-state index contributed by atoms with van der Waals surface area (Å²) in [6, 6.07) is 8.76. The zero-order chi connectivity index (χ0) is 11.5. The molecule has 0 amide bonds. The van der Waals surface area contributed by atoms with Crippen LogP contribution in [0.4, 0.5) is 0 Å². The minimum absolute atomic E-state index is 0.284. The van der Waals surface area contributed by atoms with Gasteiger partial charge in [-0.25, -0.2) is 0 Å². The maximum Gasteiger partial charge on any atom is 0.0259 e. The van der Waals surface area contributed by atoms with Crippen LogP contribution in [0, 0.1) is 18.3 Å². The van der Waals surface area contributed by atoms with Crippen LogP contribution in [0.25, 0.3) is 0 Å². The van der Waals surface area contributed by atoms with Crippen molar-refractivity contribution in [2.45, 2.75) is 34.1 Å². The third-order valence-corrected chi connectivity index (χ3v) is 3.39. The fourth-order valence-electron chi connectivity index (χ4n) is 1.60. The number of aryl methyl sites for hydroxylation is 1. The summed E-state index contributed by atoms with van der Waals surface area (Å²) in [5.74, 6) is 1.28. The Morgan fingerprint density at radius 1 is 1.13 bits per heavy atom. The molecule has 1 unspecified atom stereocenters. The molecule has 0 nitrogen and oxygen atoms in total. The van der Waals surface area contributed by atoms with E-state index in [1.807, 2.05) is 0 Å². The molecule has 1 rings (SSSR count). The Morgan fingerprint density at radius 2 is 1.67 bits per heavy atom. The topological polar surface area (TPSA) is 0 Å². The fraction of sp³-hybridized carbons (Fsp3) is 0.571. The van der Waals surface area contributed by atoms with Gasteiger partial charge in [0.05, 0.1) is 0 Å². The Balaban J connectivity index is 2.71. The number of alkyl halides is 1. The molecule has 84 valence electrons. The molecule has 1 aromatic rings. The molecule has 0 N–H and O–H groups in total. The highest BCUT2D eigenvalue weighted by Crippen LogP contribution is 2.30. The lowest BCUT2D eigenvalue weighted by molar-refractivity contribution is 0.264. The van der Waals surface area contributed by atoms with Crippen molar-refractivity contribution in [3.8, 4) is 0 Å². The first-order valence-corrected chi connectivity index (χ1v) is 6.08. The van der Waals surface area contributed by atoms with Crippen LogP contribution in [0.1, 0.15) is 31.9 Å². The van der Waals surface area contributed by atoms with Crippen molar-refractivity contribution in [1.29, 1.82) is 0 Å². The second kappa shape index (κ2) is 5.03. The van der Waals surface area contributed by atoms with Gasteiger partial charge in [0.2, 0.25) is 0 Å². The number of rotatable bonds is 3. The summed E-state index contributed by atoms with van der Waals surface area (Å²) in [5.41, 5.74) is 2.99. The second-order valence-electron chi connectivity index (χ2n) is 5.41. The highest BCUT2D eigenvalue weighted by molar-refractivity contribution is 6.18. The van der Waals surface area contributed by atoms with Crippen molar-refractivity contribution in [2.75, 3.05) is 5.88 Å². The quantitative estimate of drug-likeness (QED) is 0.666. The van der Waals surface area contributed by atoms with Crippen molar-refractivity contribution >= 4 is 11.6 Å². The molecule has 1 atom stereocenters. The first-order valence-electron chi connectivity index (χ1n) is 5.55. The van der Waals surface area contributed by atoms with Crippen molar-refractivity contribution in [3.05, 3.63) is 35.4 Å². The van der Waals surface area contributed by atoms with Gasteiger partial charge in [-0.2, -0.15) is 0 Å². The van der Waals surface area contributed by atoms with Gasteiger partial charge >= 0.3 is 0 Å². The molecule has 0 aliphatic heterocycles. The Hall–Kier alpha value is -0.490. The van der Waals surface area contributed by atoms with Crippen LogP contribution in [-0.4, -0.2) is 5.88 Å². The largest absolute Gasteiger partial charge is 0.126 e. The van der Waals surface area contributed by atoms with E-state index < -0.39 is 0 Å². The lowest BCUT2D eigenvalue weighted by atomic mass is 9.78. The van der Waals surface area contributed by atoms with Crippen LogP contribution >= 0.6 is 11.6 Å². The maximum absolute atomic E-state index is 6.03. The van der Waals surface area contributed by atoms with Crippen LogP contribution in [0.5, 0.6) is 0 Å². The van der Waals surface area contributed by atoms with Gasteiger partial charge in [-0.3, -0.25) is 0 Å². The average molecular weight is 225 g/mol. The summed E-state index contributed by atoms with van der Waals surface area (Å²) in [4.78, 5) is 0. The van der Waals surface area contributed by atoms with Crippen molar-refractivity contribution in [2.24, 2.45) is 11.3 Å². The predicted octanol–water partition coefficient (Wildman–Crippen LogP) is 4.44. The van der Waals surface area contributed by atoms with E-state index >= 15 is 0 Å². The van der Waals surface area contributed by atoms with Crippen LogP contribution in [0.3, 0.4) is 0 Å². The Morgan fingerprint density at radius 3 is 2.07 bits per heavy atom. The summed E-state index contributed by atoms with van der Waals surface area (Å²) < 4.78 is 0. The first kappa shape index (κ1) is 12.6. The minimum Gasteiger partial charge on any atom is -0.126 e. The van der Waals surface area contributed by atoms with E-state index in [4.69, 9.17) is 11.6 Å². The normalized spacial score (nSPS) is 13.9. The highest BCUT2D eigenvalue weighted by atomic mass is 35.5. The van der Waals surface area contributed by atoms with E-state index in [1.165, 1.54) is 11.1 Å². The van der Waals surface area contributed by atoms with E-state index in [0.717, 1.165) is 12.3 Å². The number of hydrogen-bond acceptors (Lipinski definition) is 0. The summed E-state index contributed by atoms with van der Waals surface area (Å²) in [6.45, 7) is 8.89. The predicted molar refractivity (Wildman–Crippen MR) is 68.5 cm³/mol. The van der Waals surface area contributed by atoms with E-state index in [0.29, 0.717) is 5.92 Å². The highest BCUT2D eigenvalue weighted by Gasteiger charge is 2.23. The van der Waals surface area contributed by atoms with Gasteiger partial charge in [-0.1, -0.05) is 50.6 Å². The molecular formula is C14H21Cl. The fourth-order valence-corrected chi connectivity index (χ4v) is 2.17. The van der Waals surface area contributed by atoms with Gasteiger partial charge in [-0.15, -0.1) is 11.6 Å². The number of halogens is 1. The summed E-state index contributed by atoms with van der Waals surface area (Å²) in [5, 5.41) is 0. The van der Waals surface area contributed by atoms with Crippen molar-refractivity contribution < 1.29 is 0 Å². The lowest BCUT2D eigenvalue weighted by Gasteiger charge is -2.29. The molecule has 0 aliphatic rings. The van der Waals surface area contributed by atoms with Crippen molar-refractivity contribution in [1.82, 2.24) is 0 Å². The standard InChI is InChI=1S/C14H21Cl/c1-11-5-7-12(8-6-11)9-13(10-15)14(2,3)4/h5-8,13H,9-10H2,1-4H3. The third-order valence-electron chi connectivity index (χ3n) is 3.01. The molecule has 1 heteroatoms. The molecule has 0 aromatic heterocycles. The van der Waals surface area contributed by atoms with Gasteiger partial charge in [0.15, 0.2) is 0 Å². The number of hydrogen-bond donors (Lipinski definition) is 0. The monoisotopic (exact) mass is 224 g/mol. The summed E-state index contributed by atoms with van der Waals surface area (Å²) in [6.07, 6.45) is 1.08. The third kappa shape index (κ3) is 3.87. The molecule has 0 fully saturated rings. The van der Waals surface area contributed by atoms with Gasteiger partial charge in [0.25, 0.3) is 0 Å². The van der Waals surface area contributed by atoms with Crippen LogP contribution in [-0.2, 0) is 6.42 Å². The molecular weight excluding hydrogens is 204 g/mol. The molecule has 0 bridgehead atoms. The average Bonchev–Trinajstić information content (AvgIpc) is 2.15. The SMILES string of the molecule is Cc1ccc(CC(CCl)C(C)(C)C)cc1. The van der Waals surface area contributed by atoms with E-state index in [-0.39, 0.29) is 5.41 Å². The Labute approximate surface area is 98.7 Å². The first-order chi connectivity index (χ1) is 6.93. The van der Waals surface area contributed by atoms with Crippen LogP contribution < -0.4 is 0 Å². The minimum atomic E-state index is 0.284. The number of benzene rings is 1.